The summed E-state index contributed by atoms with van der Waals surface area (Å²) in [7, 11) is 1.74. The Morgan fingerprint density at radius 3 is 2.65 bits per heavy atom. The van der Waals surface area contributed by atoms with Gasteiger partial charge in [-0.2, -0.15) is 0 Å². The topological polar surface area (TPSA) is 47.7 Å². The molecule has 20 heavy (non-hydrogen) atoms. The van der Waals surface area contributed by atoms with Gasteiger partial charge in [0.15, 0.2) is 0 Å². The third-order valence-corrected chi connectivity index (χ3v) is 3.72. The summed E-state index contributed by atoms with van der Waals surface area (Å²) in [6.45, 7) is 3.76. The molecule has 1 saturated heterocycles. The van der Waals surface area contributed by atoms with Crippen molar-refractivity contribution in [2.24, 2.45) is 0 Å². The van der Waals surface area contributed by atoms with Gasteiger partial charge in [-0.25, -0.2) is 0 Å². The van der Waals surface area contributed by atoms with E-state index in [0.29, 0.717) is 11.8 Å². The molecule has 2 rings (SSSR count). The molecule has 0 aromatic heterocycles. The number of nitrogen functional groups attached to an aromatic ring is 1. The van der Waals surface area contributed by atoms with Crippen molar-refractivity contribution in [1.82, 2.24) is 0 Å². The highest BCUT2D eigenvalue weighted by Crippen LogP contribution is 2.22. The Morgan fingerprint density at radius 2 is 2.00 bits per heavy atom. The van der Waals surface area contributed by atoms with E-state index in [1.807, 2.05) is 12.1 Å². The molecule has 1 heterocycles. The highest BCUT2D eigenvalue weighted by molar-refractivity contribution is 5.52. The van der Waals surface area contributed by atoms with Crippen molar-refractivity contribution in [2.75, 3.05) is 44.0 Å². The molecule has 1 radical (unpaired) electrons. The zero-order valence-electron chi connectivity index (χ0n) is 12.3. The van der Waals surface area contributed by atoms with E-state index in [9.17, 15) is 0 Å². The third kappa shape index (κ3) is 4.69. The van der Waals surface area contributed by atoms with E-state index >= 15 is 0 Å². The molecule has 0 bridgehead atoms. The number of nitrogens with two attached hydrogens (primary N) is 1. The van der Waals surface area contributed by atoms with Gasteiger partial charge in [0, 0.05) is 50.9 Å². The van der Waals surface area contributed by atoms with Crippen LogP contribution in [0.3, 0.4) is 0 Å². The minimum absolute atomic E-state index is 0.409. The Balaban J connectivity index is 1.66. The number of hydrogen-bond acceptors (Lipinski definition) is 4. The molecule has 0 spiro atoms. The van der Waals surface area contributed by atoms with Crippen LogP contribution in [-0.2, 0) is 9.47 Å². The number of methoxy groups -OCH3 is 1. The van der Waals surface area contributed by atoms with Crippen LogP contribution < -0.4 is 10.6 Å². The first-order chi connectivity index (χ1) is 9.79. The molecular formula is C16H25N2O2. The van der Waals surface area contributed by atoms with Gasteiger partial charge in [-0.1, -0.05) is 0 Å². The van der Waals surface area contributed by atoms with Gasteiger partial charge >= 0.3 is 0 Å². The highest BCUT2D eigenvalue weighted by Gasteiger charge is 2.19. The maximum atomic E-state index is 5.92. The Morgan fingerprint density at radius 1 is 1.25 bits per heavy atom. The summed E-state index contributed by atoms with van der Waals surface area (Å²) >= 11 is 0. The number of hydrogen-bond donors (Lipinski definition) is 1. The SMILES string of the molecule is COCCCCOC1CCN(c2c[c]c(N)cc2)CC1. The van der Waals surface area contributed by atoms with Crippen LogP contribution in [0, 0.1) is 6.07 Å². The summed E-state index contributed by atoms with van der Waals surface area (Å²) in [5.41, 5.74) is 7.57. The van der Waals surface area contributed by atoms with Crippen LogP contribution in [0.4, 0.5) is 11.4 Å². The molecule has 0 unspecified atom stereocenters. The van der Waals surface area contributed by atoms with Crippen molar-refractivity contribution >= 4 is 11.4 Å². The summed E-state index contributed by atoms with van der Waals surface area (Å²) in [4.78, 5) is 2.38. The summed E-state index contributed by atoms with van der Waals surface area (Å²) in [6, 6.07) is 9.01. The third-order valence-electron chi connectivity index (χ3n) is 3.72. The van der Waals surface area contributed by atoms with Crippen LogP contribution >= 0.6 is 0 Å². The van der Waals surface area contributed by atoms with Gasteiger partial charge in [0.25, 0.3) is 0 Å². The van der Waals surface area contributed by atoms with E-state index in [-0.39, 0.29) is 0 Å². The van der Waals surface area contributed by atoms with Crippen molar-refractivity contribution in [3.05, 3.63) is 24.3 Å². The zero-order chi connectivity index (χ0) is 14.2. The quantitative estimate of drug-likeness (QED) is 0.614. The monoisotopic (exact) mass is 277 g/mol. The molecule has 2 N–H and O–H groups in total. The fourth-order valence-corrected chi connectivity index (χ4v) is 2.50. The van der Waals surface area contributed by atoms with Crippen LogP contribution in [0.25, 0.3) is 0 Å². The van der Waals surface area contributed by atoms with Gasteiger partial charge in [0.1, 0.15) is 0 Å². The van der Waals surface area contributed by atoms with E-state index in [1.165, 1.54) is 5.69 Å². The molecule has 0 aliphatic carbocycles. The van der Waals surface area contributed by atoms with Crippen molar-refractivity contribution in [3.63, 3.8) is 0 Å². The normalized spacial score (nSPS) is 16.6. The fourth-order valence-electron chi connectivity index (χ4n) is 2.50. The lowest BCUT2D eigenvalue weighted by Crippen LogP contribution is -2.37. The van der Waals surface area contributed by atoms with Gasteiger partial charge in [-0.3, -0.25) is 0 Å². The summed E-state index contributed by atoms with van der Waals surface area (Å²) in [5.74, 6) is 0. The number of nitrogens with zero attached hydrogens (tertiary/aromatic N) is 1. The van der Waals surface area contributed by atoms with E-state index in [1.54, 1.807) is 7.11 Å². The second kappa shape index (κ2) is 8.12. The summed E-state index contributed by atoms with van der Waals surface area (Å²) in [6.07, 6.45) is 4.76. The van der Waals surface area contributed by atoms with E-state index < -0.39 is 0 Å². The van der Waals surface area contributed by atoms with Crippen molar-refractivity contribution < 1.29 is 9.47 Å². The molecule has 111 valence electrons. The Bertz CT molecular complexity index is 373. The first kappa shape index (κ1) is 15.1. The fraction of sp³-hybridized carbons (Fsp3) is 0.625. The van der Waals surface area contributed by atoms with Gasteiger partial charge in [-0.05, 0) is 43.9 Å². The zero-order valence-corrected chi connectivity index (χ0v) is 12.3. The largest absolute Gasteiger partial charge is 0.398 e. The Hall–Kier alpha value is -1.26. The van der Waals surface area contributed by atoms with Crippen molar-refractivity contribution in [2.45, 2.75) is 31.8 Å². The standard InChI is InChI=1S/C16H25N2O2/c1-19-12-2-3-13-20-16-8-10-18(11-9-16)15-6-4-14(17)5-7-15/h4,6-7,16H,2-3,8-13,17H2,1H3. The molecule has 1 aromatic carbocycles. The number of piperidine rings is 1. The highest BCUT2D eigenvalue weighted by atomic mass is 16.5. The van der Waals surface area contributed by atoms with Crippen LogP contribution in [0.15, 0.2) is 18.2 Å². The molecule has 0 amide bonds. The number of ether oxygens (including phenoxy) is 2. The lowest BCUT2D eigenvalue weighted by molar-refractivity contribution is 0.0322. The average Bonchev–Trinajstić information content (AvgIpc) is 2.49. The second-order valence-electron chi connectivity index (χ2n) is 5.26. The van der Waals surface area contributed by atoms with E-state index in [4.69, 9.17) is 15.2 Å². The smallest absolute Gasteiger partial charge is 0.0608 e. The van der Waals surface area contributed by atoms with Crippen LogP contribution in [0.1, 0.15) is 25.7 Å². The molecule has 1 aromatic rings. The lowest BCUT2D eigenvalue weighted by Gasteiger charge is -2.33. The molecule has 4 heteroatoms. The predicted octanol–water partition coefficient (Wildman–Crippen LogP) is 2.48. The maximum absolute atomic E-state index is 5.92. The summed E-state index contributed by atoms with van der Waals surface area (Å²) < 4.78 is 11.0. The molecule has 1 aliphatic rings. The maximum Gasteiger partial charge on any atom is 0.0608 e. The van der Waals surface area contributed by atoms with Gasteiger partial charge in [-0.15, -0.1) is 0 Å². The molecule has 0 atom stereocenters. The van der Waals surface area contributed by atoms with Crippen molar-refractivity contribution in [3.8, 4) is 0 Å². The van der Waals surface area contributed by atoms with Gasteiger partial charge in [0.05, 0.1) is 6.10 Å². The van der Waals surface area contributed by atoms with E-state index in [2.05, 4.69) is 17.0 Å². The van der Waals surface area contributed by atoms with Crippen LogP contribution in [-0.4, -0.2) is 39.5 Å². The minimum Gasteiger partial charge on any atom is -0.398 e. The van der Waals surface area contributed by atoms with Gasteiger partial charge < -0.3 is 20.1 Å². The van der Waals surface area contributed by atoms with Crippen LogP contribution in [0.2, 0.25) is 0 Å². The summed E-state index contributed by atoms with van der Waals surface area (Å²) in [5, 5.41) is 0. The second-order valence-corrected chi connectivity index (χ2v) is 5.26. The average molecular weight is 277 g/mol. The minimum atomic E-state index is 0.409. The lowest BCUT2D eigenvalue weighted by atomic mass is 10.1. The Labute approximate surface area is 121 Å². The van der Waals surface area contributed by atoms with Gasteiger partial charge in [0.2, 0.25) is 0 Å². The van der Waals surface area contributed by atoms with E-state index in [0.717, 1.165) is 52.0 Å². The number of rotatable bonds is 7. The Kier molecular flexibility index (Phi) is 6.15. The molecule has 0 saturated carbocycles. The van der Waals surface area contributed by atoms with Crippen LogP contribution in [0.5, 0.6) is 0 Å². The first-order valence-electron chi connectivity index (χ1n) is 7.42. The number of benzene rings is 1. The first-order valence-corrected chi connectivity index (χ1v) is 7.42. The number of unbranched alkanes of at least 4 members (excludes halogenated alkanes) is 1. The molecular weight excluding hydrogens is 252 g/mol. The molecule has 4 nitrogen and oxygen atoms in total. The molecule has 1 fully saturated rings. The number of anilines is 2. The van der Waals surface area contributed by atoms with Crippen molar-refractivity contribution in [1.29, 1.82) is 0 Å². The predicted molar refractivity (Wildman–Crippen MR) is 82.0 cm³/mol. The molecule has 1 aliphatic heterocycles.